The van der Waals surface area contributed by atoms with E-state index in [1.54, 1.807) is 13.0 Å². The first kappa shape index (κ1) is 24.5. The van der Waals surface area contributed by atoms with Gasteiger partial charge in [-0.2, -0.15) is 0 Å². The summed E-state index contributed by atoms with van der Waals surface area (Å²) in [7, 11) is -4.16. The van der Waals surface area contributed by atoms with Gasteiger partial charge in [-0.3, -0.25) is 4.72 Å². The number of aryl methyl sites for hydroxylation is 2. The summed E-state index contributed by atoms with van der Waals surface area (Å²) in [5, 5.41) is 9.48. The normalized spacial score (nSPS) is 16.3. The molecule has 1 fully saturated rings. The smallest absolute Gasteiger partial charge is 0.335 e. The van der Waals surface area contributed by atoms with Gasteiger partial charge in [0.15, 0.2) is 0 Å². The summed E-state index contributed by atoms with van der Waals surface area (Å²) < 4.78 is 42.7. The summed E-state index contributed by atoms with van der Waals surface area (Å²) in [6.45, 7) is 7.65. The molecule has 0 bridgehead atoms. The van der Waals surface area contributed by atoms with E-state index in [0.717, 1.165) is 11.8 Å². The molecule has 0 radical (unpaired) electrons. The number of nitrogens with zero attached hydrogens (tertiary/aromatic N) is 2. The molecule has 1 aliphatic heterocycles. The number of benzene rings is 3. The lowest BCUT2D eigenvalue weighted by Crippen LogP contribution is -2.52. The second kappa shape index (κ2) is 9.58. The van der Waals surface area contributed by atoms with Crippen LogP contribution in [0.4, 0.5) is 21.5 Å². The van der Waals surface area contributed by atoms with Crippen LogP contribution < -0.4 is 14.5 Å². The number of sulfonamides is 1. The van der Waals surface area contributed by atoms with Crippen molar-refractivity contribution < 1.29 is 22.7 Å². The fraction of sp³-hybridized carbons (Fsp3) is 0.269. The van der Waals surface area contributed by atoms with Crippen LogP contribution >= 0.6 is 0 Å². The molecular weight excluding hydrogens is 469 g/mol. The predicted octanol–water partition coefficient (Wildman–Crippen LogP) is 4.66. The van der Waals surface area contributed by atoms with Gasteiger partial charge in [-0.05, 0) is 74.4 Å². The van der Waals surface area contributed by atoms with Crippen LogP contribution in [-0.4, -0.2) is 45.2 Å². The highest BCUT2D eigenvalue weighted by atomic mass is 32.2. The summed E-state index contributed by atoms with van der Waals surface area (Å²) in [4.78, 5) is 15.8. The minimum Gasteiger partial charge on any atom is -0.478 e. The minimum atomic E-state index is -4.16. The van der Waals surface area contributed by atoms with Crippen LogP contribution in [0.5, 0.6) is 0 Å². The van der Waals surface area contributed by atoms with Gasteiger partial charge in [0.05, 0.1) is 21.8 Å². The molecule has 35 heavy (non-hydrogen) atoms. The predicted molar refractivity (Wildman–Crippen MR) is 136 cm³/mol. The van der Waals surface area contributed by atoms with Gasteiger partial charge in [-0.15, -0.1) is 0 Å². The molecule has 0 aliphatic carbocycles. The van der Waals surface area contributed by atoms with Gasteiger partial charge in [0.25, 0.3) is 10.0 Å². The van der Waals surface area contributed by atoms with Crippen molar-refractivity contribution in [1.29, 1.82) is 0 Å². The molecule has 1 heterocycles. The molecular formula is C26H28FN3O4S. The number of piperazine rings is 1. The number of anilines is 3. The number of nitrogens with one attached hydrogen (secondary N) is 1. The fourth-order valence-electron chi connectivity index (χ4n) is 4.46. The maximum absolute atomic E-state index is 13.8. The molecule has 2 N–H and O–H groups in total. The van der Waals surface area contributed by atoms with E-state index < -0.39 is 21.8 Å². The van der Waals surface area contributed by atoms with Gasteiger partial charge in [-0.1, -0.05) is 18.2 Å². The second-order valence-electron chi connectivity index (χ2n) is 8.88. The Labute approximate surface area is 204 Å². The topological polar surface area (TPSA) is 89.9 Å². The fourth-order valence-corrected chi connectivity index (χ4v) is 5.78. The van der Waals surface area contributed by atoms with Crippen LogP contribution in [0.2, 0.25) is 0 Å². The van der Waals surface area contributed by atoms with Crippen LogP contribution in [0.15, 0.2) is 65.6 Å². The Morgan fingerprint density at radius 2 is 1.83 bits per heavy atom. The lowest BCUT2D eigenvalue weighted by atomic mass is 10.1. The number of hydrogen-bond acceptors (Lipinski definition) is 5. The Kier molecular flexibility index (Phi) is 6.71. The van der Waals surface area contributed by atoms with Crippen molar-refractivity contribution in [2.24, 2.45) is 0 Å². The molecule has 1 unspecified atom stereocenters. The van der Waals surface area contributed by atoms with Gasteiger partial charge in [0.2, 0.25) is 0 Å². The Hall–Kier alpha value is -3.59. The van der Waals surface area contributed by atoms with E-state index in [1.165, 1.54) is 29.8 Å². The summed E-state index contributed by atoms with van der Waals surface area (Å²) >= 11 is 0. The monoisotopic (exact) mass is 497 g/mol. The number of halogens is 1. The third kappa shape index (κ3) is 5.24. The number of carboxylic acids is 1. The SMILES string of the molecule is Cc1cccc(N2CCN(c3ccc(C(=O)O)cc3NS(=O)(=O)c3cc(F)ccc3C)CC2C)c1. The number of aromatic carboxylic acids is 1. The highest BCUT2D eigenvalue weighted by Crippen LogP contribution is 2.33. The first-order valence-electron chi connectivity index (χ1n) is 11.3. The molecule has 0 saturated carbocycles. The summed E-state index contributed by atoms with van der Waals surface area (Å²) in [6.07, 6.45) is 0. The number of rotatable bonds is 6. The third-order valence-corrected chi connectivity index (χ3v) is 7.74. The highest BCUT2D eigenvalue weighted by molar-refractivity contribution is 7.92. The van der Waals surface area contributed by atoms with Crippen LogP contribution in [0, 0.1) is 19.7 Å². The Bertz CT molecular complexity index is 1380. The first-order valence-corrected chi connectivity index (χ1v) is 12.8. The number of carboxylic acid groups (broad SMARTS) is 1. The van der Waals surface area contributed by atoms with Crippen LogP contribution in [0.1, 0.15) is 28.4 Å². The van der Waals surface area contributed by atoms with Crippen molar-refractivity contribution in [2.45, 2.75) is 31.7 Å². The average molecular weight is 498 g/mol. The van der Waals surface area contributed by atoms with Crippen molar-refractivity contribution in [1.82, 2.24) is 0 Å². The van der Waals surface area contributed by atoms with E-state index in [9.17, 15) is 22.7 Å². The van der Waals surface area contributed by atoms with Crippen LogP contribution in [0.3, 0.4) is 0 Å². The van der Waals surface area contributed by atoms with E-state index in [0.29, 0.717) is 30.9 Å². The van der Waals surface area contributed by atoms with Crippen molar-refractivity contribution in [3.05, 3.63) is 83.2 Å². The number of carbonyl (C=O) groups is 1. The van der Waals surface area contributed by atoms with Crippen molar-refractivity contribution in [3.8, 4) is 0 Å². The number of hydrogen-bond donors (Lipinski definition) is 2. The van der Waals surface area contributed by atoms with Crippen LogP contribution in [-0.2, 0) is 10.0 Å². The maximum Gasteiger partial charge on any atom is 0.335 e. The largest absolute Gasteiger partial charge is 0.478 e. The van der Waals surface area contributed by atoms with E-state index in [4.69, 9.17) is 0 Å². The second-order valence-corrected chi connectivity index (χ2v) is 10.5. The van der Waals surface area contributed by atoms with Gasteiger partial charge in [-0.25, -0.2) is 17.6 Å². The molecule has 9 heteroatoms. The average Bonchev–Trinajstić information content (AvgIpc) is 2.80. The lowest BCUT2D eigenvalue weighted by Gasteiger charge is -2.43. The first-order chi connectivity index (χ1) is 16.5. The van der Waals surface area contributed by atoms with E-state index in [2.05, 4.69) is 28.7 Å². The molecule has 3 aromatic rings. The van der Waals surface area contributed by atoms with Gasteiger partial charge in [0, 0.05) is 31.4 Å². The molecule has 7 nitrogen and oxygen atoms in total. The Balaban J connectivity index is 1.66. The quantitative estimate of drug-likeness (QED) is 0.515. The zero-order valence-electron chi connectivity index (χ0n) is 19.8. The van der Waals surface area contributed by atoms with Gasteiger partial charge in [0.1, 0.15) is 5.82 Å². The summed E-state index contributed by atoms with van der Waals surface area (Å²) in [5.41, 5.74) is 3.35. The van der Waals surface area contributed by atoms with E-state index in [1.807, 2.05) is 24.0 Å². The molecule has 3 aromatic carbocycles. The van der Waals surface area contributed by atoms with Crippen LogP contribution in [0.25, 0.3) is 0 Å². The lowest BCUT2D eigenvalue weighted by molar-refractivity contribution is 0.0697. The molecule has 1 saturated heterocycles. The molecule has 184 valence electrons. The maximum atomic E-state index is 13.8. The standard InChI is InChI=1S/C26H28FN3O4S/c1-17-5-4-6-22(13-17)30-12-11-29(16-19(30)3)24-10-8-20(26(31)32)14-23(24)28-35(33,34)25-15-21(27)9-7-18(25)2/h4-10,13-15,19,28H,11-12,16H2,1-3H3,(H,31,32). The van der Waals surface area contributed by atoms with E-state index in [-0.39, 0.29) is 22.2 Å². The highest BCUT2D eigenvalue weighted by Gasteiger charge is 2.27. The Morgan fingerprint density at radius 1 is 1.06 bits per heavy atom. The zero-order chi connectivity index (χ0) is 25.3. The molecule has 1 aliphatic rings. The molecule has 0 aromatic heterocycles. The van der Waals surface area contributed by atoms with Gasteiger partial charge >= 0.3 is 5.97 Å². The molecule has 1 atom stereocenters. The van der Waals surface area contributed by atoms with Crippen molar-refractivity contribution in [2.75, 3.05) is 34.2 Å². The van der Waals surface area contributed by atoms with Crippen molar-refractivity contribution >= 4 is 33.1 Å². The zero-order valence-corrected chi connectivity index (χ0v) is 20.6. The summed E-state index contributed by atoms with van der Waals surface area (Å²) in [5.74, 6) is -1.84. The summed E-state index contributed by atoms with van der Waals surface area (Å²) in [6, 6.07) is 16.3. The van der Waals surface area contributed by atoms with Crippen molar-refractivity contribution in [3.63, 3.8) is 0 Å². The molecule has 4 rings (SSSR count). The Morgan fingerprint density at radius 3 is 2.51 bits per heavy atom. The van der Waals surface area contributed by atoms with Gasteiger partial charge < -0.3 is 14.9 Å². The minimum absolute atomic E-state index is 0.0474. The molecule has 0 spiro atoms. The third-order valence-electron chi connectivity index (χ3n) is 6.23. The molecule has 0 amide bonds. The van der Waals surface area contributed by atoms with E-state index >= 15 is 0 Å².